The molecule has 2 aromatic heterocycles. The SMILES string of the molecule is CS(=O)(=O)c1ccc2nc(Cl)c(C=O)cc2c1.CS(=O)c1ccc2nc(Cl)c(CN3CCC[C@@H]3[C@H](O)CNC(C)(C)Cc3ccc4ccccc4c3)cc2c1. The van der Waals surface area contributed by atoms with Crippen LogP contribution < -0.4 is 5.32 Å². The summed E-state index contributed by atoms with van der Waals surface area (Å²) in [5.74, 6) is 0. The predicted molar refractivity (Wildman–Crippen MR) is 224 cm³/mol. The smallest absolute Gasteiger partial charge is 0.175 e. The van der Waals surface area contributed by atoms with Gasteiger partial charge in [0.2, 0.25) is 0 Å². The Balaban J connectivity index is 0.000000252. The van der Waals surface area contributed by atoms with Crippen molar-refractivity contribution in [2.24, 2.45) is 0 Å². The average Bonchev–Trinajstić information content (AvgIpc) is 3.61. The van der Waals surface area contributed by atoms with E-state index in [0.717, 1.165) is 53.4 Å². The molecule has 2 N–H and O–H groups in total. The first-order valence-electron chi connectivity index (χ1n) is 17.9. The van der Waals surface area contributed by atoms with Crippen LogP contribution in [0.1, 0.15) is 48.2 Å². The molecule has 1 fully saturated rings. The molecule has 1 aliphatic heterocycles. The third-order valence-electron chi connectivity index (χ3n) is 9.95. The Kier molecular flexibility index (Phi) is 12.7. The lowest BCUT2D eigenvalue weighted by molar-refractivity contribution is 0.0633. The zero-order chi connectivity index (χ0) is 39.5. The Morgan fingerprint density at radius 2 is 1.62 bits per heavy atom. The van der Waals surface area contributed by atoms with Gasteiger partial charge in [-0.25, -0.2) is 18.4 Å². The van der Waals surface area contributed by atoms with Crippen LogP contribution in [0.4, 0.5) is 0 Å². The molecule has 13 heteroatoms. The number of rotatable bonds is 11. The van der Waals surface area contributed by atoms with Gasteiger partial charge in [-0.3, -0.25) is 13.9 Å². The van der Waals surface area contributed by atoms with Crippen LogP contribution in [0.5, 0.6) is 0 Å². The van der Waals surface area contributed by atoms with Crippen molar-refractivity contribution in [3.8, 4) is 0 Å². The summed E-state index contributed by atoms with van der Waals surface area (Å²) >= 11 is 12.3. The molecule has 1 aliphatic rings. The van der Waals surface area contributed by atoms with Crippen LogP contribution in [0.2, 0.25) is 10.3 Å². The van der Waals surface area contributed by atoms with E-state index >= 15 is 0 Å². The zero-order valence-electron chi connectivity index (χ0n) is 31.1. The van der Waals surface area contributed by atoms with Crippen LogP contribution in [-0.4, -0.2) is 82.2 Å². The standard InChI is InChI=1S/C31H36ClN3O2S.C11H8ClNO3S/c1-31(2,18-21-10-11-22-7-4-5-8-23(22)15-21)33-19-29(36)28-9-6-14-35(28)20-25-16-24-17-26(38(3)37)12-13-27(24)34-30(25)32;1-17(15,16)9-2-3-10-7(5-9)4-8(6-14)11(12)13-10/h4-5,7-8,10-13,15-17,28-29,33,36H,6,9,14,18-20H2,1-3H3;2-6H,1H3/t28-,29-,38?;/m1./s1. The van der Waals surface area contributed by atoms with E-state index in [1.807, 2.05) is 24.3 Å². The van der Waals surface area contributed by atoms with Crippen molar-refractivity contribution >= 4 is 82.7 Å². The molecule has 1 unspecified atom stereocenters. The highest BCUT2D eigenvalue weighted by Gasteiger charge is 2.32. The molecular weight excluding hydrogens is 776 g/mol. The van der Waals surface area contributed by atoms with Gasteiger partial charge in [0.15, 0.2) is 16.1 Å². The summed E-state index contributed by atoms with van der Waals surface area (Å²) in [6.07, 6.45) is 5.76. The maximum Gasteiger partial charge on any atom is 0.175 e. The van der Waals surface area contributed by atoms with Gasteiger partial charge < -0.3 is 10.4 Å². The van der Waals surface area contributed by atoms with Crippen LogP contribution >= 0.6 is 23.2 Å². The first-order chi connectivity index (χ1) is 26.1. The zero-order valence-corrected chi connectivity index (χ0v) is 34.3. The minimum absolute atomic E-state index is 0.0558. The van der Waals surface area contributed by atoms with Crippen LogP contribution in [0, 0.1) is 0 Å². The van der Waals surface area contributed by atoms with E-state index in [1.165, 1.54) is 34.5 Å². The molecule has 4 aromatic carbocycles. The van der Waals surface area contributed by atoms with E-state index in [1.54, 1.807) is 12.3 Å². The molecule has 0 amide bonds. The second-order valence-electron chi connectivity index (χ2n) is 14.7. The van der Waals surface area contributed by atoms with Crippen LogP contribution in [0.15, 0.2) is 101 Å². The number of carbonyl (C=O) groups excluding carboxylic acids is 1. The number of hydrogen-bond acceptors (Lipinski definition) is 9. The lowest BCUT2D eigenvalue weighted by Gasteiger charge is -2.33. The number of aliphatic hydroxyl groups is 1. The molecule has 1 saturated heterocycles. The Labute approximate surface area is 334 Å². The van der Waals surface area contributed by atoms with Crippen molar-refractivity contribution in [3.63, 3.8) is 0 Å². The van der Waals surface area contributed by atoms with E-state index in [2.05, 4.69) is 76.5 Å². The van der Waals surface area contributed by atoms with E-state index < -0.39 is 26.7 Å². The molecule has 9 nitrogen and oxygen atoms in total. The molecule has 0 radical (unpaired) electrons. The number of β-amino-alcohol motifs (C(OH)–C–C–N with tert-alkyl or cyclic N) is 1. The molecule has 0 spiro atoms. The van der Waals surface area contributed by atoms with Gasteiger partial charge in [-0.2, -0.15) is 0 Å². The third-order valence-corrected chi connectivity index (χ3v) is 12.6. The lowest BCUT2D eigenvalue weighted by atomic mass is 9.93. The molecule has 7 rings (SSSR count). The van der Waals surface area contributed by atoms with Crippen molar-refractivity contribution < 1.29 is 22.5 Å². The third kappa shape index (κ3) is 10.1. The molecule has 55 heavy (non-hydrogen) atoms. The number of halogens is 2. The van der Waals surface area contributed by atoms with Crippen molar-refractivity contribution in [3.05, 3.63) is 118 Å². The quantitative estimate of drug-likeness (QED) is 0.0994. The molecule has 3 heterocycles. The predicted octanol–water partition coefficient (Wildman–Crippen LogP) is 7.82. The topological polar surface area (TPSA) is 130 Å². The number of aromatic nitrogens is 2. The van der Waals surface area contributed by atoms with E-state index in [0.29, 0.717) is 35.4 Å². The molecule has 288 valence electrons. The molecular formula is C42H44Cl2N4O5S2. The number of fused-ring (bicyclic) bond motifs is 3. The molecule has 3 atom stereocenters. The van der Waals surface area contributed by atoms with Gasteiger partial charge in [0, 0.05) is 69.2 Å². The van der Waals surface area contributed by atoms with E-state index in [9.17, 15) is 22.5 Å². The van der Waals surface area contributed by atoms with Crippen LogP contribution in [0.25, 0.3) is 32.6 Å². The maximum absolute atomic E-state index is 11.9. The fraction of sp³-hybridized carbons (Fsp3) is 0.310. The lowest BCUT2D eigenvalue weighted by Crippen LogP contribution is -2.50. The van der Waals surface area contributed by atoms with Crippen LogP contribution in [-0.2, 0) is 33.6 Å². The molecule has 6 aromatic rings. The highest BCUT2D eigenvalue weighted by molar-refractivity contribution is 7.90. The monoisotopic (exact) mass is 818 g/mol. The highest BCUT2D eigenvalue weighted by atomic mass is 35.5. The molecule has 0 aliphatic carbocycles. The number of benzene rings is 4. The van der Waals surface area contributed by atoms with Crippen molar-refractivity contribution in [2.75, 3.05) is 25.6 Å². The van der Waals surface area contributed by atoms with Crippen molar-refractivity contribution in [1.29, 1.82) is 0 Å². The van der Waals surface area contributed by atoms with Gasteiger partial charge >= 0.3 is 0 Å². The minimum Gasteiger partial charge on any atom is -0.390 e. The van der Waals surface area contributed by atoms with Gasteiger partial charge in [-0.1, -0.05) is 65.7 Å². The Morgan fingerprint density at radius 3 is 2.33 bits per heavy atom. The number of aliphatic hydroxyl groups excluding tert-OH is 1. The fourth-order valence-electron chi connectivity index (χ4n) is 7.07. The summed E-state index contributed by atoms with van der Waals surface area (Å²) in [6, 6.07) is 28.8. The maximum atomic E-state index is 11.9. The van der Waals surface area contributed by atoms with Gasteiger partial charge in [0.1, 0.15) is 10.3 Å². The van der Waals surface area contributed by atoms with Gasteiger partial charge in [-0.05, 0) is 105 Å². The van der Waals surface area contributed by atoms with Gasteiger partial charge in [-0.15, -0.1) is 0 Å². The van der Waals surface area contributed by atoms with Crippen molar-refractivity contribution in [1.82, 2.24) is 20.2 Å². The summed E-state index contributed by atoms with van der Waals surface area (Å²) in [7, 11) is -4.33. The first-order valence-corrected chi connectivity index (χ1v) is 22.1. The van der Waals surface area contributed by atoms with E-state index in [-0.39, 0.29) is 27.2 Å². The second kappa shape index (κ2) is 17.1. The number of nitrogens with one attached hydrogen (secondary N) is 1. The summed E-state index contributed by atoms with van der Waals surface area (Å²) in [5, 5.41) is 19.4. The Hall–Kier alpha value is -3.81. The largest absolute Gasteiger partial charge is 0.390 e. The summed E-state index contributed by atoms with van der Waals surface area (Å²) in [4.78, 5) is 22.6. The second-order valence-corrected chi connectivity index (χ2v) is 18.8. The number of aldehydes is 1. The van der Waals surface area contributed by atoms with Crippen LogP contribution in [0.3, 0.4) is 0 Å². The first kappa shape index (κ1) is 40.8. The summed E-state index contributed by atoms with van der Waals surface area (Å²) in [6.45, 7) is 6.45. The number of likely N-dealkylation sites (tertiary alicyclic amines) is 1. The van der Waals surface area contributed by atoms with E-state index in [4.69, 9.17) is 23.2 Å². The van der Waals surface area contributed by atoms with Gasteiger partial charge in [0.25, 0.3) is 0 Å². The number of carbonyl (C=O) groups is 1. The fourth-order valence-corrected chi connectivity index (χ4v) is 8.67. The van der Waals surface area contributed by atoms with Gasteiger partial charge in [0.05, 0.1) is 27.6 Å². The Morgan fingerprint density at radius 1 is 0.927 bits per heavy atom. The molecule has 0 saturated carbocycles. The normalized spacial score (nSPS) is 16.2. The highest BCUT2D eigenvalue weighted by Crippen LogP contribution is 2.29. The van der Waals surface area contributed by atoms with Crippen molar-refractivity contribution in [2.45, 2.75) is 67.1 Å². The Bertz CT molecular complexity index is 2510. The summed E-state index contributed by atoms with van der Waals surface area (Å²) < 4.78 is 34.7. The minimum atomic E-state index is -3.27. The number of hydrogen-bond donors (Lipinski definition) is 2. The number of pyridine rings is 2. The average molecular weight is 820 g/mol. The molecule has 0 bridgehead atoms. The summed E-state index contributed by atoms with van der Waals surface area (Å²) in [5.41, 5.74) is 3.64. The number of nitrogens with zero attached hydrogens (tertiary/aromatic N) is 3. The number of sulfone groups is 1.